The summed E-state index contributed by atoms with van der Waals surface area (Å²) in [5, 5.41) is 11.7. The number of anilines is 2. The fourth-order valence-electron chi connectivity index (χ4n) is 4.95. The average Bonchev–Trinajstić information content (AvgIpc) is 3.33. The Morgan fingerprint density at radius 2 is 2.02 bits per heavy atom. The standard InChI is InChI=1S/C30H26ClF4N5O3/c1-3-4-8-22(31)17(2)26(28(42)38-20-14-30(34,35)15-20)39(21-7-5-6-19(32)13-21)29(43)23-9-10-24(41)40(23)27-25(33)18(16-36)11-12-37-27/h3-8,11-13,20,23,26H,2,9-10,14-15H2,1H3,(H,38,42)/b4-3-,22-8+/t23-,26-/m0/s1. The number of nitriles is 1. The first kappa shape index (κ1) is 31.4. The second kappa shape index (κ2) is 12.8. The molecule has 1 aromatic carbocycles. The summed E-state index contributed by atoms with van der Waals surface area (Å²) in [7, 11) is 0. The molecule has 2 aliphatic rings. The van der Waals surface area contributed by atoms with Crippen LogP contribution in [0.4, 0.5) is 29.1 Å². The molecule has 43 heavy (non-hydrogen) atoms. The van der Waals surface area contributed by atoms with Gasteiger partial charge in [0.25, 0.3) is 11.8 Å². The lowest BCUT2D eigenvalue weighted by atomic mass is 9.87. The highest BCUT2D eigenvalue weighted by atomic mass is 35.5. The van der Waals surface area contributed by atoms with Crippen molar-refractivity contribution >= 4 is 40.8 Å². The third-order valence-electron chi connectivity index (χ3n) is 7.06. The Labute approximate surface area is 249 Å². The van der Waals surface area contributed by atoms with Crippen molar-refractivity contribution in [2.45, 2.75) is 56.7 Å². The highest BCUT2D eigenvalue weighted by Gasteiger charge is 2.49. The Hall–Kier alpha value is -4.50. The van der Waals surface area contributed by atoms with E-state index in [0.29, 0.717) is 0 Å². The van der Waals surface area contributed by atoms with Gasteiger partial charge in [-0.3, -0.25) is 24.2 Å². The smallest absolute Gasteiger partial charge is 0.252 e. The molecular weight excluding hydrogens is 590 g/mol. The zero-order chi connectivity index (χ0) is 31.5. The molecule has 2 heterocycles. The van der Waals surface area contributed by atoms with Crippen molar-refractivity contribution in [1.82, 2.24) is 10.3 Å². The molecule has 0 bridgehead atoms. The summed E-state index contributed by atoms with van der Waals surface area (Å²) in [6.07, 6.45) is 4.08. The van der Waals surface area contributed by atoms with Crippen LogP contribution in [0.25, 0.3) is 0 Å². The zero-order valence-corrected chi connectivity index (χ0v) is 23.6. The molecule has 1 aliphatic carbocycles. The SMILES string of the molecule is C=C(/C(Cl)=C\C=C/C)[C@@H](C(=O)NC1CC(F)(F)C1)N(C(=O)[C@@H]1CCC(=O)N1c1nccc(C#N)c1F)c1cccc(F)c1. The first-order valence-electron chi connectivity index (χ1n) is 13.2. The fraction of sp³-hybridized carbons (Fsp3) is 0.300. The van der Waals surface area contributed by atoms with Crippen molar-refractivity contribution in [3.05, 3.63) is 89.1 Å². The van der Waals surface area contributed by atoms with Gasteiger partial charge in [0.2, 0.25) is 11.8 Å². The van der Waals surface area contributed by atoms with Crippen LogP contribution in [-0.4, -0.2) is 46.8 Å². The average molecular weight is 616 g/mol. The number of alkyl halides is 2. The van der Waals surface area contributed by atoms with E-state index in [2.05, 4.69) is 16.9 Å². The van der Waals surface area contributed by atoms with Gasteiger partial charge in [-0.1, -0.05) is 36.4 Å². The van der Waals surface area contributed by atoms with Crippen LogP contribution >= 0.6 is 11.6 Å². The van der Waals surface area contributed by atoms with E-state index >= 15 is 4.39 Å². The molecule has 1 saturated carbocycles. The van der Waals surface area contributed by atoms with Crippen LogP contribution in [0.5, 0.6) is 0 Å². The molecule has 0 unspecified atom stereocenters. The van der Waals surface area contributed by atoms with Gasteiger partial charge in [0.15, 0.2) is 11.6 Å². The van der Waals surface area contributed by atoms with E-state index in [9.17, 15) is 32.8 Å². The first-order chi connectivity index (χ1) is 20.4. The normalized spacial score (nSPS) is 19.1. The third kappa shape index (κ3) is 6.62. The van der Waals surface area contributed by atoms with E-state index in [-0.39, 0.29) is 29.1 Å². The van der Waals surface area contributed by atoms with Crippen molar-refractivity contribution in [3.63, 3.8) is 0 Å². The Morgan fingerprint density at radius 1 is 1.30 bits per heavy atom. The highest BCUT2D eigenvalue weighted by molar-refractivity contribution is 6.32. The molecule has 2 fully saturated rings. The van der Waals surface area contributed by atoms with Crippen molar-refractivity contribution in [2.24, 2.45) is 0 Å². The van der Waals surface area contributed by atoms with Crippen LogP contribution < -0.4 is 15.1 Å². The van der Waals surface area contributed by atoms with E-state index in [1.165, 1.54) is 24.3 Å². The number of carbonyl (C=O) groups is 3. The summed E-state index contributed by atoms with van der Waals surface area (Å²) in [6, 6.07) is 3.36. The van der Waals surface area contributed by atoms with Gasteiger partial charge in [-0.15, -0.1) is 0 Å². The molecule has 1 saturated heterocycles. The molecule has 224 valence electrons. The number of halogens is 5. The summed E-state index contributed by atoms with van der Waals surface area (Å²) in [5.74, 6) is -7.99. The van der Waals surface area contributed by atoms with E-state index in [1.807, 2.05) is 0 Å². The number of nitrogens with one attached hydrogen (secondary N) is 1. The Morgan fingerprint density at radius 3 is 2.65 bits per heavy atom. The van der Waals surface area contributed by atoms with Crippen LogP contribution in [0.1, 0.15) is 38.2 Å². The molecule has 3 amide bonds. The largest absolute Gasteiger partial charge is 0.351 e. The monoisotopic (exact) mass is 615 g/mol. The van der Waals surface area contributed by atoms with Crippen LogP contribution in [0, 0.1) is 23.0 Å². The fourth-order valence-corrected chi connectivity index (χ4v) is 5.13. The van der Waals surface area contributed by atoms with E-state index in [4.69, 9.17) is 11.6 Å². The first-order valence-corrected chi connectivity index (χ1v) is 13.6. The van der Waals surface area contributed by atoms with E-state index < -0.39 is 77.6 Å². The number of amides is 3. The lowest BCUT2D eigenvalue weighted by molar-refractivity contribution is -0.132. The molecule has 1 N–H and O–H groups in total. The third-order valence-corrected chi connectivity index (χ3v) is 7.42. The number of nitrogens with zero attached hydrogens (tertiary/aromatic N) is 4. The number of allylic oxidation sites excluding steroid dienone is 3. The number of rotatable bonds is 9. The van der Waals surface area contributed by atoms with Gasteiger partial charge in [-0.25, -0.2) is 22.5 Å². The molecule has 8 nitrogen and oxygen atoms in total. The zero-order valence-electron chi connectivity index (χ0n) is 22.9. The number of benzene rings is 1. The number of carbonyl (C=O) groups excluding carboxylic acids is 3. The predicted molar refractivity (Wildman–Crippen MR) is 151 cm³/mol. The summed E-state index contributed by atoms with van der Waals surface area (Å²) < 4.78 is 56.9. The van der Waals surface area contributed by atoms with Gasteiger partial charge in [0.1, 0.15) is 24.0 Å². The molecule has 0 spiro atoms. The van der Waals surface area contributed by atoms with Crippen LogP contribution in [0.15, 0.2) is 71.9 Å². The maximum Gasteiger partial charge on any atom is 0.252 e. The van der Waals surface area contributed by atoms with Gasteiger partial charge in [0, 0.05) is 42.2 Å². The van der Waals surface area contributed by atoms with Crippen molar-refractivity contribution < 1.29 is 31.9 Å². The maximum atomic E-state index is 15.2. The predicted octanol–water partition coefficient (Wildman–Crippen LogP) is 5.30. The van der Waals surface area contributed by atoms with E-state index in [1.54, 1.807) is 19.1 Å². The van der Waals surface area contributed by atoms with Crippen LogP contribution in [0.2, 0.25) is 0 Å². The summed E-state index contributed by atoms with van der Waals surface area (Å²) >= 11 is 6.45. The Kier molecular flexibility index (Phi) is 9.35. The molecule has 1 aliphatic heterocycles. The minimum atomic E-state index is -2.97. The molecule has 0 radical (unpaired) electrons. The molecule has 2 atom stereocenters. The minimum Gasteiger partial charge on any atom is -0.351 e. The summed E-state index contributed by atoms with van der Waals surface area (Å²) in [6.45, 7) is 5.60. The highest BCUT2D eigenvalue weighted by Crippen LogP contribution is 2.38. The Balaban J connectivity index is 1.84. The van der Waals surface area contributed by atoms with Crippen molar-refractivity contribution in [1.29, 1.82) is 5.26 Å². The lowest BCUT2D eigenvalue weighted by Crippen LogP contribution is -2.59. The van der Waals surface area contributed by atoms with Crippen LogP contribution in [0.3, 0.4) is 0 Å². The van der Waals surface area contributed by atoms with Gasteiger partial charge < -0.3 is 5.32 Å². The number of hydrogen-bond acceptors (Lipinski definition) is 5. The summed E-state index contributed by atoms with van der Waals surface area (Å²) in [4.78, 5) is 46.7. The molecule has 1 aromatic heterocycles. The topological polar surface area (TPSA) is 106 Å². The van der Waals surface area contributed by atoms with Crippen molar-refractivity contribution in [2.75, 3.05) is 9.80 Å². The quantitative estimate of drug-likeness (QED) is 0.305. The second-order valence-electron chi connectivity index (χ2n) is 10.1. The van der Waals surface area contributed by atoms with Gasteiger partial charge in [0.05, 0.1) is 5.56 Å². The maximum absolute atomic E-state index is 15.2. The molecular formula is C30H26ClF4N5O3. The van der Waals surface area contributed by atoms with Crippen molar-refractivity contribution in [3.8, 4) is 6.07 Å². The summed E-state index contributed by atoms with van der Waals surface area (Å²) in [5.41, 5.74) is -0.687. The molecule has 13 heteroatoms. The molecule has 2 aromatic rings. The minimum absolute atomic E-state index is 0.0693. The lowest BCUT2D eigenvalue weighted by Gasteiger charge is -2.39. The number of pyridine rings is 1. The second-order valence-corrected chi connectivity index (χ2v) is 10.5. The van der Waals surface area contributed by atoms with Crippen LogP contribution in [-0.2, 0) is 14.4 Å². The van der Waals surface area contributed by atoms with Gasteiger partial charge in [-0.2, -0.15) is 5.26 Å². The van der Waals surface area contributed by atoms with Gasteiger partial charge in [-0.05, 0) is 49.3 Å². The van der Waals surface area contributed by atoms with E-state index in [0.717, 1.165) is 34.2 Å². The number of hydrogen-bond donors (Lipinski definition) is 1. The molecule has 4 rings (SSSR count). The Bertz CT molecular complexity index is 1560. The number of aromatic nitrogens is 1. The van der Waals surface area contributed by atoms with Gasteiger partial charge >= 0.3 is 0 Å².